The van der Waals surface area contributed by atoms with Gasteiger partial charge >= 0.3 is 0 Å². The molecule has 0 spiro atoms. The molecule has 1 N–H and O–H groups in total. The van der Waals surface area contributed by atoms with Crippen molar-refractivity contribution in [2.24, 2.45) is 5.10 Å². The van der Waals surface area contributed by atoms with E-state index < -0.39 is 0 Å². The predicted octanol–water partition coefficient (Wildman–Crippen LogP) is 6.33. The van der Waals surface area contributed by atoms with E-state index in [-0.39, 0.29) is 0 Å². The van der Waals surface area contributed by atoms with Crippen molar-refractivity contribution in [2.75, 3.05) is 0 Å². The van der Waals surface area contributed by atoms with Gasteiger partial charge in [-0.05, 0) is 57.9 Å². The molecule has 7 heteroatoms. The van der Waals surface area contributed by atoms with Gasteiger partial charge < -0.3 is 10.2 Å². The summed E-state index contributed by atoms with van der Waals surface area (Å²) in [7, 11) is 0. The Labute approximate surface area is 187 Å². The standard InChI is InChI=1S/C22H16BrCl2N3O/c23-19-10-15(12-27-28-13-18-20(24)6-3-7-21(18)25)8-9-22(19)29-14-17-5-2-1-4-16(17)11-26/h1-10,12,28H,13-14H2/b27-12-. The van der Waals surface area contributed by atoms with E-state index in [9.17, 15) is 0 Å². The Morgan fingerprint density at radius 2 is 1.83 bits per heavy atom. The Hall–Kier alpha value is -2.52. The molecular formula is C22H16BrCl2N3O. The smallest absolute Gasteiger partial charge is 0.134 e. The maximum atomic E-state index is 9.16. The number of hydrogen-bond acceptors (Lipinski definition) is 4. The van der Waals surface area contributed by atoms with Crippen LogP contribution in [0.25, 0.3) is 0 Å². The number of ether oxygens (including phenoxy) is 1. The average molecular weight is 489 g/mol. The number of nitrogens with zero attached hydrogens (tertiary/aromatic N) is 2. The van der Waals surface area contributed by atoms with Gasteiger partial charge in [-0.2, -0.15) is 10.4 Å². The van der Waals surface area contributed by atoms with E-state index in [4.69, 9.17) is 33.2 Å². The zero-order chi connectivity index (χ0) is 20.6. The molecular weight excluding hydrogens is 473 g/mol. The van der Waals surface area contributed by atoms with E-state index in [0.29, 0.717) is 34.5 Å². The SMILES string of the molecule is N#Cc1ccccc1COc1ccc(/C=N\NCc2c(Cl)cccc2Cl)cc1Br. The van der Waals surface area contributed by atoms with Crippen molar-refractivity contribution in [3.05, 3.63) is 97.4 Å². The van der Waals surface area contributed by atoms with Crippen molar-refractivity contribution < 1.29 is 4.74 Å². The number of hydrogen-bond donors (Lipinski definition) is 1. The quantitative estimate of drug-likeness (QED) is 0.312. The van der Waals surface area contributed by atoms with Crippen LogP contribution in [0.2, 0.25) is 10.0 Å². The van der Waals surface area contributed by atoms with Crippen molar-refractivity contribution in [1.29, 1.82) is 5.26 Å². The molecule has 0 saturated carbocycles. The fourth-order valence-electron chi connectivity index (χ4n) is 2.57. The highest BCUT2D eigenvalue weighted by atomic mass is 79.9. The van der Waals surface area contributed by atoms with Crippen molar-refractivity contribution in [1.82, 2.24) is 5.43 Å². The zero-order valence-corrected chi connectivity index (χ0v) is 18.3. The lowest BCUT2D eigenvalue weighted by Crippen LogP contribution is -2.06. The summed E-state index contributed by atoms with van der Waals surface area (Å²) in [5, 5.41) is 14.6. The van der Waals surface area contributed by atoms with Crippen LogP contribution in [0.1, 0.15) is 22.3 Å². The molecule has 3 rings (SSSR count). The lowest BCUT2D eigenvalue weighted by molar-refractivity contribution is 0.304. The van der Waals surface area contributed by atoms with Gasteiger partial charge in [-0.3, -0.25) is 0 Å². The van der Waals surface area contributed by atoms with Crippen LogP contribution in [0.4, 0.5) is 0 Å². The first-order chi connectivity index (χ1) is 14.1. The van der Waals surface area contributed by atoms with Crippen LogP contribution in [0.3, 0.4) is 0 Å². The van der Waals surface area contributed by atoms with E-state index in [2.05, 4.69) is 32.5 Å². The second-order valence-corrected chi connectivity index (χ2v) is 7.71. The summed E-state index contributed by atoms with van der Waals surface area (Å²) < 4.78 is 6.64. The Morgan fingerprint density at radius 3 is 2.55 bits per heavy atom. The van der Waals surface area contributed by atoms with E-state index in [1.54, 1.807) is 30.5 Å². The van der Waals surface area contributed by atoms with Gasteiger partial charge in [0, 0.05) is 21.2 Å². The summed E-state index contributed by atoms with van der Waals surface area (Å²) >= 11 is 15.8. The number of nitriles is 1. The molecule has 4 nitrogen and oxygen atoms in total. The van der Waals surface area contributed by atoms with E-state index in [1.807, 2.05) is 36.4 Å². The lowest BCUT2D eigenvalue weighted by Gasteiger charge is -2.10. The minimum atomic E-state index is 0.315. The summed E-state index contributed by atoms with van der Waals surface area (Å²) in [6, 6.07) is 20.6. The van der Waals surface area contributed by atoms with Crippen molar-refractivity contribution in [3.8, 4) is 11.8 Å². The highest BCUT2D eigenvalue weighted by Gasteiger charge is 2.06. The second kappa shape index (κ2) is 10.3. The average Bonchev–Trinajstić information content (AvgIpc) is 2.72. The molecule has 0 aromatic heterocycles. The summed E-state index contributed by atoms with van der Waals surface area (Å²) in [5.74, 6) is 0.686. The number of halogens is 3. The van der Waals surface area contributed by atoms with Crippen molar-refractivity contribution >= 4 is 45.3 Å². The fraction of sp³-hybridized carbons (Fsp3) is 0.0909. The molecule has 3 aromatic carbocycles. The van der Waals surface area contributed by atoms with Crippen LogP contribution in [-0.2, 0) is 13.2 Å². The van der Waals surface area contributed by atoms with Crippen molar-refractivity contribution in [2.45, 2.75) is 13.2 Å². The van der Waals surface area contributed by atoms with Gasteiger partial charge in [0.1, 0.15) is 12.4 Å². The van der Waals surface area contributed by atoms with Crippen LogP contribution in [0.15, 0.2) is 70.2 Å². The molecule has 0 heterocycles. The molecule has 0 saturated heterocycles. The Bertz CT molecular complexity index is 1060. The molecule has 0 fully saturated rings. The van der Waals surface area contributed by atoms with Crippen LogP contribution in [-0.4, -0.2) is 6.21 Å². The molecule has 0 radical (unpaired) electrons. The summed E-state index contributed by atoms with van der Waals surface area (Å²) in [4.78, 5) is 0. The third-order valence-corrected chi connectivity index (χ3v) is 5.43. The van der Waals surface area contributed by atoms with Crippen LogP contribution in [0.5, 0.6) is 5.75 Å². The van der Waals surface area contributed by atoms with Gasteiger partial charge in [0.05, 0.1) is 28.9 Å². The number of hydrazone groups is 1. The molecule has 0 amide bonds. The van der Waals surface area contributed by atoms with Gasteiger partial charge in [-0.15, -0.1) is 0 Å². The Kier molecular flexibility index (Phi) is 7.54. The molecule has 0 aliphatic carbocycles. The van der Waals surface area contributed by atoms with Crippen LogP contribution in [0, 0.1) is 11.3 Å². The van der Waals surface area contributed by atoms with Gasteiger partial charge in [-0.1, -0.05) is 47.5 Å². The molecule has 0 aliphatic heterocycles. The third kappa shape index (κ3) is 5.74. The van der Waals surface area contributed by atoms with E-state index in [1.165, 1.54) is 0 Å². The molecule has 29 heavy (non-hydrogen) atoms. The van der Waals surface area contributed by atoms with E-state index >= 15 is 0 Å². The normalized spacial score (nSPS) is 10.7. The number of rotatable bonds is 7. The van der Waals surface area contributed by atoms with Gasteiger partial charge in [-0.25, -0.2) is 0 Å². The maximum Gasteiger partial charge on any atom is 0.134 e. The molecule has 0 atom stereocenters. The molecule has 3 aromatic rings. The topological polar surface area (TPSA) is 57.4 Å². The largest absolute Gasteiger partial charge is 0.488 e. The molecule has 0 bridgehead atoms. The predicted molar refractivity (Wildman–Crippen MR) is 121 cm³/mol. The monoisotopic (exact) mass is 487 g/mol. The molecule has 146 valence electrons. The van der Waals surface area contributed by atoms with E-state index in [0.717, 1.165) is 21.2 Å². The third-order valence-electron chi connectivity index (χ3n) is 4.10. The second-order valence-electron chi connectivity index (χ2n) is 6.04. The first-order valence-corrected chi connectivity index (χ1v) is 10.2. The zero-order valence-electron chi connectivity index (χ0n) is 15.2. The van der Waals surface area contributed by atoms with Crippen LogP contribution >= 0.6 is 39.1 Å². The van der Waals surface area contributed by atoms with Gasteiger partial charge in [0.2, 0.25) is 0 Å². The summed E-state index contributed by atoms with van der Waals surface area (Å²) in [6.45, 7) is 0.742. The first-order valence-electron chi connectivity index (χ1n) is 8.67. The molecule has 0 unspecified atom stereocenters. The fourth-order valence-corrected chi connectivity index (χ4v) is 3.61. The highest BCUT2D eigenvalue weighted by molar-refractivity contribution is 9.10. The number of nitrogens with one attached hydrogen (secondary N) is 1. The summed E-state index contributed by atoms with van der Waals surface area (Å²) in [6.07, 6.45) is 1.70. The Balaban J connectivity index is 1.59. The van der Waals surface area contributed by atoms with Crippen molar-refractivity contribution in [3.63, 3.8) is 0 Å². The maximum absolute atomic E-state index is 9.16. The first kappa shape index (κ1) is 21.2. The number of benzene rings is 3. The highest BCUT2D eigenvalue weighted by Crippen LogP contribution is 2.27. The molecule has 0 aliphatic rings. The minimum absolute atomic E-state index is 0.315. The van der Waals surface area contributed by atoms with Gasteiger partial charge in [0.25, 0.3) is 0 Å². The Morgan fingerprint density at radius 1 is 1.07 bits per heavy atom. The minimum Gasteiger partial charge on any atom is -0.488 e. The summed E-state index contributed by atoms with van der Waals surface area (Å²) in [5.41, 5.74) is 6.09. The van der Waals surface area contributed by atoms with Crippen LogP contribution < -0.4 is 10.2 Å². The lowest BCUT2D eigenvalue weighted by atomic mass is 10.1. The van der Waals surface area contributed by atoms with Gasteiger partial charge in [0.15, 0.2) is 0 Å².